The van der Waals surface area contributed by atoms with Crippen LogP contribution in [-0.4, -0.2) is 11.7 Å². The minimum absolute atomic E-state index is 0.0960. The van der Waals surface area contributed by atoms with Gasteiger partial charge >= 0.3 is 0 Å². The van der Waals surface area contributed by atoms with Crippen LogP contribution in [-0.2, 0) is 0 Å². The Morgan fingerprint density at radius 1 is 0.962 bits per heavy atom. The molecule has 0 aliphatic heterocycles. The first-order valence-electron chi connectivity index (χ1n) is 8.15. The fourth-order valence-corrected chi connectivity index (χ4v) is 3.93. The molecular formula is C21H18ClNO2S. The summed E-state index contributed by atoms with van der Waals surface area (Å²) in [5.41, 5.74) is 3.50. The maximum absolute atomic E-state index is 13.0. The Balaban J connectivity index is 1.98. The molecule has 1 heterocycles. The smallest absolute Gasteiger partial charge is 0.257 e. The van der Waals surface area contributed by atoms with Crippen LogP contribution in [0.2, 0.25) is 5.02 Å². The van der Waals surface area contributed by atoms with Gasteiger partial charge in [-0.3, -0.25) is 9.59 Å². The molecule has 0 radical (unpaired) electrons. The topological polar surface area (TPSA) is 46.2 Å². The van der Waals surface area contributed by atoms with Crippen molar-refractivity contribution in [2.24, 2.45) is 0 Å². The number of thiophene rings is 1. The Hall–Kier alpha value is -2.43. The van der Waals surface area contributed by atoms with Gasteiger partial charge in [-0.1, -0.05) is 53.6 Å². The van der Waals surface area contributed by atoms with Gasteiger partial charge in [0.05, 0.1) is 16.1 Å². The van der Waals surface area contributed by atoms with Crippen molar-refractivity contribution in [3.05, 3.63) is 86.2 Å². The first-order valence-corrected chi connectivity index (χ1v) is 9.35. The van der Waals surface area contributed by atoms with Crippen LogP contribution in [0.1, 0.15) is 42.3 Å². The highest BCUT2D eigenvalue weighted by molar-refractivity contribution is 7.17. The number of amides is 1. The van der Waals surface area contributed by atoms with Crippen molar-refractivity contribution in [3.8, 4) is 0 Å². The number of halogens is 1. The average Bonchev–Trinajstić information content (AvgIpc) is 2.89. The third-order valence-electron chi connectivity index (χ3n) is 4.27. The number of carbonyl (C=O) groups excluding carboxylic acids is 2. The van der Waals surface area contributed by atoms with Gasteiger partial charge in [-0.2, -0.15) is 0 Å². The second kappa shape index (κ2) is 7.44. The molecule has 0 atom stereocenters. The predicted molar refractivity (Wildman–Crippen MR) is 108 cm³/mol. The van der Waals surface area contributed by atoms with Gasteiger partial charge in [0.1, 0.15) is 5.00 Å². The molecule has 0 spiro atoms. The Labute approximate surface area is 161 Å². The number of aryl methyl sites for hydroxylation is 2. The van der Waals surface area contributed by atoms with Crippen LogP contribution >= 0.6 is 22.9 Å². The van der Waals surface area contributed by atoms with E-state index in [2.05, 4.69) is 5.32 Å². The third kappa shape index (κ3) is 3.57. The molecule has 0 saturated heterocycles. The van der Waals surface area contributed by atoms with Crippen molar-refractivity contribution in [2.75, 3.05) is 5.32 Å². The monoisotopic (exact) mass is 383 g/mol. The van der Waals surface area contributed by atoms with Gasteiger partial charge in [0.2, 0.25) is 0 Å². The quantitative estimate of drug-likeness (QED) is 0.578. The average molecular weight is 384 g/mol. The van der Waals surface area contributed by atoms with Crippen LogP contribution in [0.15, 0.2) is 48.5 Å². The molecule has 0 saturated carbocycles. The molecule has 1 aromatic heterocycles. The lowest BCUT2D eigenvalue weighted by atomic mass is 10.00. The van der Waals surface area contributed by atoms with Gasteiger partial charge in [-0.25, -0.2) is 0 Å². The minimum atomic E-state index is -0.324. The van der Waals surface area contributed by atoms with E-state index >= 15 is 0 Å². The first kappa shape index (κ1) is 18.4. The number of hydrogen-bond acceptors (Lipinski definition) is 3. The minimum Gasteiger partial charge on any atom is -0.313 e. The van der Waals surface area contributed by atoms with E-state index in [-0.39, 0.29) is 11.7 Å². The van der Waals surface area contributed by atoms with Crippen LogP contribution in [0, 0.1) is 20.8 Å². The number of ketones is 1. The molecule has 1 N–H and O–H groups in total. The molecule has 132 valence electrons. The molecule has 0 bridgehead atoms. The highest BCUT2D eigenvalue weighted by Crippen LogP contribution is 2.34. The molecule has 3 nitrogen and oxygen atoms in total. The SMILES string of the molecule is Cc1ccc(C(=O)c2c(NC(=O)c3ccccc3Cl)sc(C)c2C)cc1. The zero-order valence-electron chi connectivity index (χ0n) is 14.7. The number of anilines is 1. The van der Waals surface area contributed by atoms with Gasteiger partial charge in [-0.05, 0) is 38.5 Å². The van der Waals surface area contributed by atoms with E-state index in [0.717, 1.165) is 16.0 Å². The summed E-state index contributed by atoms with van der Waals surface area (Å²) in [6.07, 6.45) is 0. The van der Waals surface area contributed by atoms with E-state index in [1.165, 1.54) is 11.3 Å². The normalized spacial score (nSPS) is 10.6. The molecule has 3 rings (SSSR count). The van der Waals surface area contributed by atoms with Crippen molar-refractivity contribution >= 4 is 39.6 Å². The van der Waals surface area contributed by atoms with Crippen LogP contribution in [0.5, 0.6) is 0 Å². The molecule has 26 heavy (non-hydrogen) atoms. The van der Waals surface area contributed by atoms with E-state index in [9.17, 15) is 9.59 Å². The first-order chi connectivity index (χ1) is 12.4. The lowest BCUT2D eigenvalue weighted by molar-refractivity contribution is 0.102. The summed E-state index contributed by atoms with van der Waals surface area (Å²) in [6, 6.07) is 14.3. The highest BCUT2D eigenvalue weighted by atomic mass is 35.5. The van der Waals surface area contributed by atoms with Crippen molar-refractivity contribution in [1.82, 2.24) is 0 Å². The summed E-state index contributed by atoms with van der Waals surface area (Å²) in [4.78, 5) is 26.6. The van der Waals surface area contributed by atoms with Gasteiger partial charge < -0.3 is 5.32 Å². The highest BCUT2D eigenvalue weighted by Gasteiger charge is 2.23. The van der Waals surface area contributed by atoms with E-state index in [0.29, 0.717) is 26.7 Å². The Kier molecular flexibility index (Phi) is 5.25. The van der Waals surface area contributed by atoms with Crippen LogP contribution in [0.3, 0.4) is 0 Å². The summed E-state index contributed by atoms with van der Waals surface area (Å²) in [5, 5.41) is 3.79. The molecule has 0 aliphatic carbocycles. The van der Waals surface area contributed by atoms with E-state index in [1.54, 1.807) is 24.3 Å². The summed E-state index contributed by atoms with van der Waals surface area (Å²) in [7, 11) is 0. The number of benzene rings is 2. The molecule has 1 amide bonds. The third-order valence-corrected chi connectivity index (χ3v) is 5.72. The zero-order chi connectivity index (χ0) is 18.8. The fraction of sp³-hybridized carbons (Fsp3) is 0.143. The molecular weight excluding hydrogens is 366 g/mol. The van der Waals surface area contributed by atoms with Crippen LogP contribution in [0.4, 0.5) is 5.00 Å². The standard InChI is InChI=1S/C21H18ClNO2S/c1-12-8-10-15(11-9-12)19(24)18-13(2)14(3)26-21(18)23-20(25)16-6-4-5-7-17(16)22/h4-11H,1-3H3,(H,23,25). The van der Waals surface area contributed by atoms with Crippen molar-refractivity contribution < 1.29 is 9.59 Å². The number of rotatable bonds is 4. The molecule has 5 heteroatoms. The number of nitrogens with one attached hydrogen (secondary N) is 1. The predicted octanol–water partition coefficient (Wildman–Crippen LogP) is 5.81. The van der Waals surface area contributed by atoms with Crippen molar-refractivity contribution in [2.45, 2.75) is 20.8 Å². The zero-order valence-corrected chi connectivity index (χ0v) is 16.3. The van der Waals surface area contributed by atoms with Crippen LogP contribution < -0.4 is 5.32 Å². The maximum atomic E-state index is 13.0. The van der Waals surface area contributed by atoms with E-state index in [4.69, 9.17) is 11.6 Å². The van der Waals surface area contributed by atoms with Crippen molar-refractivity contribution in [3.63, 3.8) is 0 Å². The Morgan fingerprint density at radius 3 is 2.27 bits per heavy atom. The van der Waals surface area contributed by atoms with Gasteiger partial charge in [-0.15, -0.1) is 11.3 Å². The molecule has 0 aliphatic rings. The molecule has 2 aromatic carbocycles. The number of hydrogen-bond donors (Lipinski definition) is 1. The summed E-state index contributed by atoms with van der Waals surface area (Å²) < 4.78 is 0. The van der Waals surface area contributed by atoms with Crippen LogP contribution in [0.25, 0.3) is 0 Å². The van der Waals surface area contributed by atoms with Gasteiger partial charge in [0.15, 0.2) is 5.78 Å². The van der Waals surface area contributed by atoms with E-state index < -0.39 is 0 Å². The van der Waals surface area contributed by atoms with Crippen molar-refractivity contribution in [1.29, 1.82) is 0 Å². The van der Waals surface area contributed by atoms with Gasteiger partial charge in [0, 0.05) is 10.4 Å². The Morgan fingerprint density at radius 2 is 1.62 bits per heavy atom. The lowest BCUT2D eigenvalue weighted by Gasteiger charge is -2.08. The number of carbonyl (C=O) groups is 2. The fourth-order valence-electron chi connectivity index (χ4n) is 2.65. The van der Waals surface area contributed by atoms with Gasteiger partial charge in [0.25, 0.3) is 5.91 Å². The maximum Gasteiger partial charge on any atom is 0.257 e. The molecule has 0 fully saturated rings. The Bertz CT molecular complexity index is 990. The second-order valence-corrected chi connectivity index (χ2v) is 7.75. The summed E-state index contributed by atoms with van der Waals surface area (Å²) >= 11 is 7.51. The molecule has 0 unspecified atom stereocenters. The largest absolute Gasteiger partial charge is 0.313 e. The summed E-state index contributed by atoms with van der Waals surface area (Å²) in [6.45, 7) is 5.82. The van der Waals surface area contributed by atoms with E-state index in [1.807, 2.05) is 45.0 Å². The second-order valence-electron chi connectivity index (χ2n) is 6.12. The molecule has 3 aromatic rings. The summed E-state index contributed by atoms with van der Waals surface area (Å²) in [5.74, 6) is -0.420. The lowest BCUT2D eigenvalue weighted by Crippen LogP contribution is -2.14.